The SMILES string of the molecule is COCC(N)c1ccc(N)cc1Cl. The summed E-state index contributed by atoms with van der Waals surface area (Å²) < 4.78 is 4.93. The summed E-state index contributed by atoms with van der Waals surface area (Å²) in [6, 6.07) is 5.09. The molecule has 13 heavy (non-hydrogen) atoms. The van der Waals surface area contributed by atoms with Crippen LogP contribution in [0, 0.1) is 0 Å². The van der Waals surface area contributed by atoms with Crippen molar-refractivity contribution in [2.45, 2.75) is 6.04 Å². The Kier molecular flexibility index (Phi) is 3.54. The lowest BCUT2D eigenvalue weighted by Crippen LogP contribution is -2.16. The fourth-order valence-electron chi connectivity index (χ4n) is 1.11. The van der Waals surface area contributed by atoms with Gasteiger partial charge < -0.3 is 16.2 Å². The van der Waals surface area contributed by atoms with Gasteiger partial charge in [0.1, 0.15) is 0 Å². The molecule has 1 rings (SSSR count). The van der Waals surface area contributed by atoms with Crippen molar-refractivity contribution in [1.82, 2.24) is 0 Å². The largest absolute Gasteiger partial charge is 0.399 e. The average Bonchev–Trinajstić information content (AvgIpc) is 2.04. The van der Waals surface area contributed by atoms with Crippen LogP contribution in [0.1, 0.15) is 11.6 Å². The van der Waals surface area contributed by atoms with Crippen molar-refractivity contribution in [2.75, 3.05) is 19.5 Å². The number of anilines is 1. The van der Waals surface area contributed by atoms with E-state index in [4.69, 9.17) is 27.8 Å². The molecule has 0 aliphatic carbocycles. The molecule has 0 aromatic heterocycles. The Labute approximate surface area is 82.6 Å². The summed E-state index contributed by atoms with van der Waals surface area (Å²) in [5, 5.41) is 0.588. The first-order valence-electron chi connectivity index (χ1n) is 3.94. The number of benzene rings is 1. The molecule has 0 saturated carbocycles. The monoisotopic (exact) mass is 200 g/mol. The molecule has 0 bridgehead atoms. The maximum atomic E-state index is 5.94. The van der Waals surface area contributed by atoms with Crippen LogP contribution in [0.25, 0.3) is 0 Å². The van der Waals surface area contributed by atoms with Gasteiger partial charge in [0, 0.05) is 17.8 Å². The summed E-state index contributed by atoms with van der Waals surface area (Å²) in [6.07, 6.45) is 0. The number of nitrogens with two attached hydrogens (primary N) is 2. The van der Waals surface area contributed by atoms with Crippen molar-refractivity contribution in [1.29, 1.82) is 0 Å². The summed E-state index contributed by atoms with van der Waals surface area (Å²) in [7, 11) is 1.60. The normalized spacial score (nSPS) is 12.8. The highest BCUT2D eigenvalue weighted by molar-refractivity contribution is 6.31. The summed E-state index contributed by atoms with van der Waals surface area (Å²) in [5.41, 5.74) is 12.8. The fraction of sp³-hybridized carbons (Fsp3) is 0.333. The molecule has 72 valence electrons. The minimum atomic E-state index is -0.196. The number of hydrogen-bond donors (Lipinski definition) is 2. The number of nitrogen functional groups attached to an aromatic ring is 1. The summed E-state index contributed by atoms with van der Waals surface area (Å²) in [6.45, 7) is 0.448. The van der Waals surface area contributed by atoms with E-state index in [0.29, 0.717) is 17.3 Å². The molecule has 0 saturated heterocycles. The third-order valence-corrected chi connectivity index (χ3v) is 2.10. The van der Waals surface area contributed by atoms with Gasteiger partial charge in [-0.1, -0.05) is 17.7 Å². The predicted molar refractivity (Wildman–Crippen MR) is 54.7 cm³/mol. The first kappa shape index (κ1) is 10.3. The Hall–Kier alpha value is -0.770. The van der Waals surface area contributed by atoms with Crippen LogP contribution in [0.15, 0.2) is 18.2 Å². The Bertz CT molecular complexity index is 291. The summed E-state index contributed by atoms with van der Waals surface area (Å²) >= 11 is 5.94. The first-order chi connectivity index (χ1) is 6.15. The molecule has 1 aromatic rings. The minimum absolute atomic E-state index is 0.196. The van der Waals surface area contributed by atoms with Crippen LogP contribution >= 0.6 is 11.6 Å². The lowest BCUT2D eigenvalue weighted by Gasteiger charge is -2.12. The average molecular weight is 201 g/mol. The van der Waals surface area contributed by atoms with E-state index in [2.05, 4.69) is 0 Å². The zero-order valence-electron chi connectivity index (χ0n) is 7.46. The number of methoxy groups -OCH3 is 1. The van der Waals surface area contributed by atoms with Crippen LogP contribution < -0.4 is 11.5 Å². The van der Waals surface area contributed by atoms with Crippen LogP contribution in [-0.4, -0.2) is 13.7 Å². The predicted octanol–water partition coefficient (Wildman–Crippen LogP) is 1.57. The van der Waals surface area contributed by atoms with Gasteiger partial charge >= 0.3 is 0 Å². The molecule has 4 N–H and O–H groups in total. The standard InChI is InChI=1S/C9H13ClN2O/c1-13-5-9(12)7-3-2-6(11)4-8(7)10/h2-4,9H,5,11-12H2,1H3. The highest BCUT2D eigenvalue weighted by atomic mass is 35.5. The van der Waals surface area contributed by atoms with Gasteiger partial charge in [-0.2, -0.15) is 0 Å². The number of ether oxygens (including phenoxy) is 1. The van der Waals surface area contributed by atoms with E-state index in [-0.39, 0.29) is 6.04 Å². The van der Waals surface area contributed by atoms with Crippen molar-refractivity contribution in [3.05, 3.63) is 28.8 Å². The Morgan fingerprint density at radius 1 is 1.54 bits per heavy atom. The van der Waals surface area contributed by atoms with Crippen LogP contribution in [-0.2, 0) is 4.74 Å². The molecule has 0 spiro atoms. The van der Waals surface area contributed by atoms with E-state index in [0.717, 1.165) is 5.56 Å². The molecule has 0 fully saturated rings. The molecule has 0 heterocycles. The second-order valence-corrected chi connectivity index (χ2v) is 3.25. The van der Waals surface area contributed by atoms with Gasteiger partial charge in [0.2, 0.25) is 0 Å². The zero-order valence-corrected chi connectivity index (χ0v) is 8.21. The molecular formula is C9H13ClN2O. The maximum absolute atomic E-state index is 5.94. The summed E-state index contributed by atoms with van der Waals surface area (Å²) in [4.78, 5) is 0. The number of halogens is 1. The van der Waals surface area contributed by atoms with Gasteiger partial charge in [-0.25, -0.2) is 0 Å². The second kappa shape index (κ2) is 4.46. The smallest absolute Gasteiger partial charge is 0.0656 e. The molecule has 1 aromatic carbocycles. The van der Waals surface area contributed by atoms with Crippen molar-refractivity contribution < 1.29 is 4.74 Å². The first-order valence-corrected chi connectivity index (χ1v) is 4.32. The molecule has 0 amide bonds. The van der Waals surface area contributed by atoms with Gasteiger partial charge in [-0.3, -0.25) is 0 Å². The van der Waals surface area contributed by atoms with E-state index in [9.17, 15) is 0 Å². The van der Waals surface area contributed by atoms with E-state index in [1.165, 1.54) is 0 Å². The van der Waals surface area contributed by atoms with Gasteiger partial charge in [0.05, 0.1) is 12.6 Å². The third kappa shape index (κ3) is 2.59. The van der Waals surface area contributed by atoms with Crippen LogP contribution in [0.4, 0.5) is 5.69 Å². The van der Waals surface area contributed by atoms with Gasteiger partial charge in [0.15, 0.2) is 0 Å². The molecule has 0 aliphatic rings. The highest BCUT2D eigenvalue weighted by Crippen LogP contribution is 2.23. The fourth-order valence-corrected chi connectivity index (χ4v) is 1.44. The van der Waals surface area contributed by atoms with Crippen LogP contribution in [0.5, 0.6) is 0 Å². The van der Waals surface area contributed by atoms with E-state index in [1.54, 1.807) is 19.2 Å². The lowest BCUT2D eigenvalue weighted by molar-refractivity contribution is 0.181. The second-order valence-electron chi connectivity index (χ2n) is 2.84. The van der Waals surface area contributed by atoms with Gasteiger partial charge in [-0.15, -0.1) is 0 Å². The molecule has 0 aliphatic heterocycles. The van der Waals surface area contributed by atoms with Crippen molar-refractivity contribution in [3.8, 4) is 0 Å². The Balaban J connectivity index is 2.88. The molecule has 4 heteroatoms. The maximum Gasteiger partial charge on any atom is 0.0656 e. The topological polar surface area (TPSA) is 61.3 Å². The van der Waals surface area contributed by atoms with E-state index in [1.807, 2.05) is 6.07 Å². The van der Waals surface area contributed by atoms with Gasteiger partial charge in [-0.05, 0) is 17.7 Å². The van der Waals surface area contributed by atoms with E-state index >= 15 is 0 Å². The quantitative estimate of drug-likeness (QED) is 0.729. The molecule has 3 nitrogen and oxygen atoms in total. The molecule has 0 radical (unpaired) electrons. The zero-order chi connectivity index (χ0) is 9.84. The number of hydrogen-bond acceptors (Lipinski definition) is 3. The van der Waals surface area contributed by atoms with Crippen LogP contribution in [0.3, 0.4) is 0 Å². The Morgan fingerprint density at radius 3 is 2.77 bits per heavy atom. The molecule has 1 unspecified atom stereocenters. The van der Waals surface area contributed by atoms with Gasteiger partial charge in [0.25, 0.3) is 0 Å². The third-order valence-electron chi connectivity index (χ3n) is 1.77. The van der Waals surface area contributed by atoms with Crippen molar-refractivity contribution in [2.24, 2.45) is 5.73 Å². The summed E-state index contributed by atoms with van der Waals surface area (Å²) in [5.74, 6) is 0. The molecular weight excluding hydrogens is 188 g/mol. The number of rotatable bonds is 3. The Morgan fingerprint density at radius 2 is 2.23 bits per heavy atom. The van der Waals surface area contributed by atoms with E-state index < -0.39 is 0 Å². The lowest BCUT2D eigenvalue weighted by atomic mass is 10.1. The molecule has 1 atom stereocenters. The van der Waals surface area contributed by atoms with Crippen molar-refractivity contribution in [3.63, 3.8) is 0 Å². The van der Waals surface area contributed by atoms with Crippen LogP contribution in [0.2, 0.25) is 5.02 Å². The minimum Gasteiger partial charge on any atom is -0.399 e. The highest BCUT2D eigenvalue weighted by Gasteiger charge is 2.09. The van der Waals surface area contributed by atoms with Crippen molar-refractivity contribution >= 4 is 17.3 Å².